The van der Waals surface area contributed by atoms with Gasteiger partial charge in [0.1, 0.15) is 11.7 Å². The maximum atomic E-state index is 13.6. The Morgan fingerprint density at radius 1 is 1.19 bits per heavy atom. The van der Waals surface area contributed by atoms with Gasteiger partial charge in [-0.25, -0.2) is 0 Å². The number of carbonyl (C=O) groups is 2. The first-order chi connectivity index (χ1) is 20.5. The van der Waals surface area contributed by atoms with E-state index >= 15 is 0 Å². The van der Waals surface area contributed by atoms with Crippen LogP contribution < -0.4 is 9.47 Å². The third-order valence-corrected chi connectivity index (χ3v) is 10.2. The largest absolute Gasteiger partial charge is 0.493 e. The quantitative estimate of drug-likeness (QED) is 0.312. The molecule has 230 valence electrons. The number of hydrogen-bond donors (Lipinski definition) is 0. The number of ether oxygens (including phenoxy) is 3. The molecule has 1 saturated carbocycles. The summed E-state index contributed by atoms with van der Waals surface area (Å²) in [6.07, 6.45) is -0.0508. The van der Waals surface area contributed by atoms with Crippen LogP contribution >= 0.6 is 0 Å². The molecular formula is C33H37F3N2O5. The van der Waals surface area contributed by atoms with E-state index in [1.165, 1.54) is 19.1 Å². The van der Waals surface area contributed by atoms with Gasteiger partial charge in [-0.1, -0.05) is 24.3 Å². The van der Waals surface area contributed by atoms with Crippen molar-refractivity contribution in [3.05, 3.63) is 71.3 Å². The minimum Gasteiger partial charge on any atom is -0.493 e. The normalized spacial score (nSPS) is 28.8. The second-order valence-electron chi connectivity index (χ2n) is 12.2. The van der Waals surface area contributed by atoms with Crippen LogP contribution in [0.15, 0.2) is 49.1 Å². The molecule has 43 heavy (non-hydrogen) atoms. The van der Waals surface area contributed by atoms with Crippen molar-refractivity contribution >= 4 is 11.9 Å². The molecule has 1 amide bonds. The summed E-state index contributed by atoms with van der Waals surface area (Å²) in [4.78, 5) is 30.5. The highest BCUT2D eigenvalue weighted by Crippen LogP contribution is 2.67. The Hall–Kier alpha value is -3.53. The standard InChI is InChI=1S/C33H37F3N2O5/c1-5-17-38-18-16-31-28-22-9-12-25(41-4)29(28)42-30(31)24(14-15-32(31,26(38)19-22)43-20(2)39)37(3)27(40)13-8-21-6-10-23(11-7-21)33(34,35)36/h5-7,9-12,24,26,30H,1,8,13-19H2,2-4H3/t24?,26-,30?,31+,32-/m1/s1. The summed E-state index contributed by atoms with van der Waals surface area (Å²) < 4.78 is 58.0. The van der Waals surface area contributed by atoms with E-state index in [9.17, 15) is 22.8 Å². The van der Waals surface area contributed by atoms with Crippen LogP contribution in [0.4, 0.5) is 13.2 Å². The molecule has 2 heterocycles. The first-order valence-electron chi connectivity index (χ1n) is 14.8. The fourth-order valence-electron chi connectivity index (χ4n) is 8.44. The second-order valence-corrected chi connectivity index (χ2v) is 12.2. The maximum Gasteiger partial charge on any atom is 0.416 e. The second kappa shape index (κ2) is 10.6. The van der Waals surface area contributed by atoms with E-state index in [1.54, 1.807) is 19.1 Å². The Kier molecular flexibility index (Phi) is 7.26. The molecule has 2 fully saturated rings. The minimum absolute atomic E-state index is 0.0808. The van der Waals surface area contributed by atoms with E-state index in [2.05, 4.69) is 17.5 Å². The number of hydrogen-bond acceptors (Lipinski definition) is 6. The van der Waals surface area contributed by atoms with E-state index in [1.807, 2.05) is 12.1 Å². The zero-order chi connectivity index (χ0) is 30.7. The summed E-state index contributed by atoms with van der Waals surface area (Å²) in [5.41, 5.74) is 0.587. The van der Waals surface area contributed by atoms with E-state index in [0.29, 0.717) is 55.7 Å². The van der Waals surface area contributed by atoms with Crippen LogP contribution in [0.3, 0.4) is 0 Å². The number of likely N-dealkylation sites (N-methyl/N-ethyl adjacent to an activating group) is 1. The van der Waals surface area contributed by atoms with Gasteiger partial charge in [0.05, 0.1) is 30.2 Å². The fraction of sp³-hybridized carbons (Fsp3) is 0.515. The van der Waals surface area contributed by atoms with Gasteiger partial charge < -0.3 is 19.1 Å². The number of esters is 1. The number of halogens is 3. The monoisotopic (exact) mass is 598 g/mol. The number of carbonyl (C=O) groups excluding carboxylic acids is 2. The average Bonchev–Trinajstić information content (AvgIpc) is 3.32. The van der Waals surface area contributed by atoms with Gasteiger partial charge in [-0.05, 0) is 61.4 Å². The average molecular weight is 599 g/mol. The summed E-state index contributed by atoms with van der Waals surface area (Å²) in [5.74, 6) is 0.809. The Labute approximate surface area is 249 Å². The van der Waals surface area contributed by atoms with Gasteiger partial charge in [0.15, 0.2) is 11.5 Å². The van der Waals surface area contributed by atoms with Crippen molar-refractivity contribution in [1.82, 2.24) is 9.80 Å². The van der Waals surface area contributed by atoms with Crippen LogP contribution in [-0.2, 0) is 38.8 Å². The minimum atomic E-state index is -4.41. The van der Waals surface area contributed by atoms with Crippen molar-refractivity contribution in [2.45, 2.75) is 80.8 Å². The van der Waals surface area contributed by atoms with Gasteiger partial charge in [-0.2, -0.15) is 13.2 Å². The molecule has 1 saturated heterocycles. The molecule has 0 aromatic heterocycles. The lowest BCUT2D eigenvalue weighted by atomic mass is 9.48. The summed E-state index contributed by atoms with van der Waals surface area (Å²) >= 11 is 0. The SMILES string of the molecule is C=CCN1CC[C@]23c4c5ccc(OC)c4OC2C(N(C)C(=O)CCc2ccc(C(F)(F)F)cc2)CC[C@@]3(OC(C)=O)[C@H]1C5. The van der Waals surface area contributed by atoms with Gasteiger partial charge in [0, 0.05) is 39.0 Å². The molecule has 2 aliphatic carbocycles. The van der Waals surface area contributed by atoms with Gasteiger partial charge in [0.2, 0.25) is 5.91 Å². The lowest BCUT2D eigenvalue weighted by molar-refractivity contribution is -0.222. The van der Waals surface area contributed by atoms with Crippen molar-refractivity contribution < 1.29 is 37.0 Å². The van der Waals surface area contributed by atoms with Crippen LogP contribution in [0.5, 0.6) is 11.5 Å². The number of benzene rings is 2. The Morgan fingerprint density at radius 3 is 2.58 bits per heavy atom. The predicted molar refractivity (Wildman–Crippen MR) is 153 cm³/mol. The maximum absolute atomic E-state index is 13.6. The van der Waals surface area contributed by atoms with E-state index < -0.39 is 28.9 Å². The van der Waals surface area contributed by atoms with Gasteiger partial charge in [0.25, 0.3) is 0 Å². The molecule has 2 unspecified atom stereocenters. The summed E-state index contributed by atoms with van der Waals surface area (Å²) in [5, 5.41) is 0. The van der Waals surface area contributed by atoms with Crippen LogP contribution in [0.25, 0.3) is 0 Å². The lowest BCUT2D eigenvalue weighted by Gasteiger charge is -2.65. The summed E-state index contributed by atoms with van der Waals surface area (Å²) in [6, 6.07) is 8.55. The molecule has 2 aromatic rings. The molecule has 10 heteroatoms. The van der Waals surface area contributed by atoms with Crippen LogP contribution in [0.1, 0.15) is 54.9 Å². The molecule has 2 aliphatic heterocycles. The van der Waals surface area contributed by atoms with Gasteiger partial charge in [-0.3, -0.25) is 14.5 Å². The van der Waals surface area contributed by atoms with Crippen LogP contribution in [0, 0.1) is 0 Å². The summed E-state index contributed by atoms with van der Waals surface area (Å²) in [7, 11) is 3.38. The highest BCUT2D eigenvalue weighted by atomic mass is 19.4. The summed E-state index contributed by atoms with van der Waals surface area (Å²) in [6.45, 7) is 6.84. The van der Waals surface area contributed by atoms with Crippen molar-refractivity contribution in [2.24, 2.45) is 0 Å². The zero-order valence-corrected chi connectivity index (χ0v) is 24.7. The number of nitrogens with zero attached hydrogens (tertiary/aromatic N) is 2. The molecule has 0 radical (unpaired) electrons. The highest BCUT2D eigenvalue weighted by molar-refractivity contribution is 5.77. The van der Waals surface area contributed by atoms with Gasteiger partial charge in [-0.15, -0.1) is 6.58 Å². The Bertz CT molecular complexity index is 1440. The Morgan fingerprint density at radius 2 is 1.93 bits per heavy atom. The first kappa shape index (κ1) is 29.5. The number of aryl methyl sites for hydroxylation is 1. The molecule has 6 rings (SSSR count). The smallest absolute Gasteiger partial charge is 0.416 e. The molecule has 4 aliphatic rings. The number of piperidine rings is 1. The zero-order valence-electron chi connectivity index (χ0n) is 24.7. The molecule has 1 spiro atoms. The van der Waals surface area contributed by atoms with Crippen molar-refractivity contribution in [2.75, 3.05) is 27.2 Å². The molecule has 0 N–H and O–H groups in total. The third kappa shape index (κ3) is 4.43. The number of alkyl halides is 3. The van der Waals surface area contributed by atoms with E-state index in [-0.39, 0.29) is 30.4 Å². The van der Waals surface area contributed by atoms with Crippen LogP contribution in [-0.4, -0.2) is 72.7 Å². The molecule has 7 nitrogen and oxygen atoms in total. The first-order valence-corrected chi connectivity index (χ1v) is 14.8. The number of rotatable bonds is 8. The lowest BCUT2D eigenvalue weighted by Crippen LogP contribution is -2.79. The number of amides is 1. The third-order valence-electron chi connectivity index (χ3n) is 10.2. The molecule has 5 atom stereocenters. The number of methoxy groups -OCH3 is 1. The van der Waals surface area contributed by atoms with E-state index in [4.69, 9.17) is 14.2 Å². The number of likely N-dealkylation sites (tertiary alicyclic amines) is 1. The predicted octanol–water partition coefficient (Wildman–Crippen LogP) is 5.08. The highest BCUT2D eigenvalue weighted by Gasteiger charge is 2.75. The topological polar surface area (TPSA) is 68.3 Å². The van der Waals surface area contributed by atoms with Crippen molar-refractivity contribution in [1.29, 1.82) is 0 Å². The van der Waals surface area contributed by atoms with E-state index in [0.717, 1.165) is 29.8 Å². The fourth-order valence-corrected chi connectivity index (χ4v) is 8.44. The molecule has 2 aromatic carbocycles. The van der Waals surface area contributed by atoms with Crippen molar-refractivity contribution in [3.63, 3.8) is 0 Å². The molecule has 2 bridgehead atoms. The Balaban J connectivity index is 1.34. The van der Waals surface area contributed by atoms with Gasteiger partial charge >= 0.3 is 12.1 Å². The van der Waals surface area contributed by atoms with Crippen molar-refractivity contribution in [3.8, 4) is 11.5 Å². The molecular weight excluding hydrogens is 561 g/mol. The van der Waals surface area contributed by atoms with Crippen LogP contribution in [0.2, 0.25) is 0 Å².